The first kappa shape index (κ1) is 13.0. The van der Waals surface area contributed by atoms with Gasteiger partial charge in [0, 0.05) is 26.0 Å². The summed E-state index contributed by atoms with van der Waals surface area (Å²) in [4.78, 5) is 28.6. The van der Waals surface area contributed by atoms with Crippen LogP contribution in [0.5, 0.6) is 0 Å². The average Bonchev–Trinajstić information content (AvgIpc) is 2.35. The molecule has 1 atom stereocenters. The highest BCUT2D eigenvalue weighted by Crippen LogP contribution is 2.45. The molecule has 18 heavy (non-hydrogen) atoms. The van der Waals surface area contributed by atoms with Crippen molar-refractivity contribution in [1.29, 1.82) is 0 Å². The van der Waals surface area contributed by atoms with Crippen LogP contribution in [0.3, 0.4) is 0 Å². The van der Waals surface area contributed by atoms with Crippen molar-refractivity contribution < 1.29 is 9.59 Å². The molecule has 1 aliphatic rings. The Morgan fingerprint density at radius 2 is 1.94 bits per heavy atom. The van der Waals surface area contributed by atoms with Gasteiger partial charge in [-0.05, 0) is 19.1 Å². The van der Waals surface area contributed by atoms with Crippen LogP contribution in [-0.4, -0.2) is 42.6 Å². The van der Waals surface area contributed by atoms with Crippen molar-refractivity contribution in [1.82, 2.24) is 4.90 Å². The minimum Gasteiger partial charge on any atom is -0.347 e. The van der Waals surface area contributed by atoms with Crippen molar-refractivity contribution in [3.8, 4) is 0 Å². The maximum absolute atomic E-state index is 12.4. The van der Waals surface area contributed by atoms with Crippen LogP contribution in [0.2, 0.25) is 0 Å². The van der Waals surface area contributed by atoms with E-state index in [1.54, 1.807) is 33.0 Å². The first-order valence-corrected chi connectivity index (χ1v) is 6.47. The number of carbonyl (C=O) groups excluding carboxylic acids is 2. The predicted octanol–water partition coefficient (Wildman–Crippen LogP) is 1.60. The Labute approximate surface area is 111 Å². The van der Waals surface area contributed by atoms with E-state index < -0.39 is 4.75 Å². The molecular formula is C13H16N2O2S. The number of para-hydroxylation sites is 1. The van der Waals surface area contributed by atoms with Crippen LogP contribution >= 0.6 is 11.8 Å². The minimum absolute atomic E-state index is 0.176. The second-order valence-electron chi connectivity index (χ2n) is 4.67. The fourth-order valence-corrected chi connectivity index (χ4v) is 3.47. The smallest absolute Gasteiger partial charge is 0.252 e. The molecule has 0 spiro atoms. The van der Waals surface area contributed by atoms with Gasteiger partial charge in [-0.2, -0.15) is 0 Å². The van der Waals surface area contributed by atoms with Gasteiger partial charge in [-0.3, -0.25) is 9.59 Å². The molecule has 0 bridgehead atoms. The Bertz CT molecular complexity index is 515. The molecule has 2 rings (SSSR count). The summed E-state index contributed by atoms with van der Waals surface area (Å²) in [6.45, 7) is 1.69. The van der Waals surface area contributed by atoms with Gasteiger partial charge in [-0.1, -0.05) is 23.9 Å². The Morgan fingerprint density at radius 3 is 2.56 bits per heavy atom. The minimum atomic E-state index is -1.08. The molecule has 0 N–H and O–H groups in total. The van der Waals surface area contributed by atoms with Gasteiger partial charge in [-0.15, -0.1) is 0 Å². The largest absolute Gasteiger partial charge is 0.347 e. The monoisotopic (exact) mass is 264 g/mol. The lowest BCUT2D eigenvalue weighted by molar-refractivity contribution is -0.136. The van der Waals surface area contributed by atoms with Gasteiger partial charge < -0.3 is 9.80 Å². The van der Waals surface area contributed by atoms with Crippen LogP contribution < -0.4 is 4.90 Å². The van der Waals surface area contributed by atoms with Crippen molar-refractivity contribution in [3.05, 3.63) is 24.3 Å². The first-order chi connectivity index (χ1) is 8.38. The Balaban J connectivity index is 2.50. The van der Waals surface area contributed by atoms with Crippen molar-refractivity contribution in [2.45, 2.75) is 16.6 Å². The Morgan fingerprint density at radius 1 is 1.33 bits per heavy atom. The topological polar surface area (TPSA) is 40.6 Å². The quantitative estimate of drug-likeness (QED) is 0.723. The maximum atomic E-state index is 12.4. The van der Waals surface area contributed by atoms with Crippen molar-refractivity contribution in [2.24, 2.45) is 0 Å². The zero-order valence-electron chi connectivity index (χ0n) is 10.9. The predicted molar refractivity (Wildman–Crippen MR) is 72.8 cm³/mol. The van der Waals surface area contributed by atoms with E-state index in [0.29, 0.717) is 0 Å². The van der Waals surface area contributed by atoms with E-state index >= 15 is 0 Å². The fourth-order valence-electron chi connectivity index (χ4n) is 2.08. The molecule has 2 amide bonds. The summed E-state index contributed by atoms with van der Waals surface area (Å²) in [5.74, 6) is -0.358. The standard InChI is InChI=1S/C13H16N2O2S/c1-13(11(16)14(2)3)12(17)15(4)9-7-5-6-8-10(9)18-13/h5-8H,1-4H3/t13-/m1/s1. The molecular weight excluding hydrogens is 248 g/mol. The summed E-state index contributed by atoms with van der Waals surface area (Å²) in [5, 5.41) is 0. The molecule has 0 saturated heterocycles. The van der Waals surface area contributed by atoms with Gasteiger partial charge in [0.2, 0.25) is 5.91 Å². The van der Waals surface area contributed by atoms with E-state index in [1.807, 2.05) is 24.3 Å². The highest BCUT2D eigenvalue weighted by molar-refractivity contribution is 8.02. The van der Waals surface area contributed by atoms with Gasteiger partial charge in [0.1, 0.15) is 0 Å². The highest BCUT2D eigenvalue weighted by atomic mass is 32.2. The number of amides is 2. The second kappa shape index (κ2) is 4.31. The number of hydrogen-bond acceptors (Lipinski definition) is 3. The Kier molecular flexibility index (Phi) is 3.11. The number of hydrogen-bond donors (Lipinski definition) is 0. The molecule has 0 aromatic heterocycles. The summed E-state index contributed by atoms with van der Waals surface area (Å²) in [7, 11) is 5.05. The van der Waals surface area contributed by atoms with Crippen molar-refractivity contribution in [3.63, 3.8) is 0 Å². The van der Waals surface area contributed by atoms with E-state index in [2.05, 4.69) is 0 Å². The zero-order valence-corrected chi connectivity index (χ0v) is 11.7. The van der Waals surface area contributed by atoms with Gasteiger partial charge in [-0.25, -0.2) is 0 Å². The molecule has 0 aliphatic carbocycles. The number of anilines is 1. The Hall–Kier alpha value is -1.49. The zero-order chi connectivity index (χ0) is 13.5. The van der Waals surface area contributed by atoms with Crippen LogP contribution in [-0.2, 0) is 9.59 Å². The number of thioether (sulfide) groups is 1. The number of nitrogens with zero attached hydrogens (tertiary/aromatic N) is 2. The molecule has 0 unspecified atom stereocenters. The molecule has 1 aliphatic heterocycles. The summed E-state index contributed by atoms with van der Waals surface area (Å²) in [5.41, 5.74) is 0.858. The summed E-state index contributed by atoms with van der Waals surface area (Å²) >= 11 is 1.33. The summed E-state index contributed by atoms with van der Waals surface area (Å²) in [6, 6.07) is 7.62. The molecule has 0 fully saturated rings. The lowest BCUT2D eigenvalue weighted by Crippen LogP contribution is -2.55. The first-order valence-electron chi connectivity index (χ1n) is 5.66. The van der Waals surface area contributed by atoms with E-state index in [4.69, 9.17) is 0 Å². The van der Waals surface area contributed by atoms with Gasteiger partial charge in [0.15, 0.2) is 4.75 Å². The van der Waals surface area contributed by atoms with Crippen LogP contribution in [0.4, 0.5) is 5.69 Å². The van der Waals surface area contributed by atoms with Gasteiger partial charge >= 0.3 is 0 Å². The number of carbonyl (C=O) groups is 2. The van der Waals surface area contributed by atoms with Gasteiger partial charge in [0.25, 0.3) is 5.91 Å². The summed E-state index contributed by atoms with van der Waals surface area (Å²) in [6.07, 6.45) is 0. The number of fused-ring (bicyclic) bond motifs is 1. The lowest BCUT2D eigenvalue weighted by atomic mass is 10.1. The molecule has 96 valence electrons. The molecule has 1 aromatic carbocycles. The van der Waals surface area contributed by atoms with Crippen LogP contribution in [0.15, 0.2) is 29.2 Å². The normalized spacial score (nSPS) is 22.7. The third kappa shape index (κ3) is 1.79. The SMILES string of the molecule is CN(C)C(=O)[C@@]1(C)Sc2ccccc2N(C)C1=O. The van der Waals surface area contributed by atoms with E-state index in [0.717, 1.165) is 10.6 Å². The molecule has 1 aromatic rings. The molecule has 0 saturated carbocycles. The van der Waals surface area contributed by atoms with E-state index in [-0.39, 0.29) is 11.8 Å². The van der Waals surface area contributed by atoms with Gasteiger partial charge in [0.05, 0.1) is 5.69 Å². The molecule has 5 heteroatoms. The van der Waals surface area contributed by atoms with Crippen LogP contribution in [0, 0.1) is 0 Å². The molecule has 1 heterocycles. The van der Waals surface area contributed by atoms with E-state index in [9.17, 15) is 9.59 Å². The lowest BCUT2D eigenvalue weighted by Gasteiger charge is -2.38. The second-order valence-corrected chi connectivity index (χ2v) is 6.13. The fraction of sp³-hybridized carbons (Fsp3) is 0.385. The average molecular weight is 264 g/mol. The number of benzene rings is 1. The van der Waals surface area contributed by atoms with Crippen LogP contribution in [0.1, 0.15) is 6.92 Å². The van der Waals surface area contributed by atoms with E-state index in [1.165, 1.54) is 16.7 Å². The van der Waals surface area contributed by atoms with Crippen molar-refractivity contribution >= 4 is 29.3 Å². The maximum Gasteiger partial charge on any atom is 0.252 e. The highest BCUT2D eigenvalue weighted by Gasteiger charge is 2.48. The third-order valence-electron chi connectivity index (χ3n) is 3.07. The number of rotatable bonds is 1. The molecule has 0 radical (unpaired) electrons. The van der Waals surface area contributed by atoms with Crippen LogP contribution in [0.25, 0.3) is 0 Å². The summed E-state index contributed by atoms with van der Waals surface area (Å²) < 4.78 is -1.08. The third-order valence-corrected chi connectivity index (χ3v) is 4.39. The van der Waals surface area contributed by atoms with Crippen molar-refractivity contribution in [2.75, 3.05) is 26.0 Å². The molecule has 4 nitrogen and oxygen atoms in total.